The molecule has 4 heteroatoms. The smallest absolute Gasteiger partial charge is 0.227 e. The van der Waals surface area contributed by atoms with Crippen molar-refractivity contribution in [3.8, 4) is 11.3 Å². The lowest BCUT2D eigenvalue weighted by atomic mass is 9.99. The molecule has 1 aliphatic rings. The summed E-state index contributed by atoms with van der Waals surface area (Å²) in [6.07, 6.45) is 0.372. The van der Waals surface area contributed by atoms with Crippen LogP contribution in [0.25, 0.3) is 22.2 Å². The van der Waals surface area contributed by atoms with Crippen molar-refractivity contribution in [1.29, 1.82) is 0 Å². The van der Waals surface area contributed by atoms with Gasteiger partial charge in [-0.1, -0.05) is 48.5 Å². The van der Waals surface area contributed by atoms with E-state index < -0.39 is 0 Å². The zero-order valence-corrected chi connectivity index (χ0v) is 14.0. The second kappa shape index (κ2) is 5.56. The molecule has 122 valence electrons. The van der Waals surface area contributed by atoms with E-state index in [1.54, 1.807) is 0 Å². The van der Waals surface area contributed by atoms with E-state index in [4.69, 9.17) is 9.97 Å². The third-order valence-corrected chi connectivity index (χ3v) is 5.02. The van der Waals surface area contributed by atoms with Gasteiger partial charge in [-0.15, -0.1) is 0 Å². The number of anilines is 1. The number of hydrogen-bond acceptors (Lipinski definition) is 4. The minimum Gasteiger partial charge on any atom is -0.391 e. The van der Waals surface area contributed by atoms with Gasteiger partial charge in [-0.3, -0.25) is 0 Å². The Morgan fingerprint density at radius 2 is 1.71 bits per heavy atom. The molecule has 1 unspecified atom stereocenters. The predicted octanol–water partition coefficient (Wildman–Crippen LogP) is 3.65. The number of nitrogens with zero attached hydrogens (tertiary/aromatic N) is 3. The molecule has 1 aliphatic heterocycles. The summed E-state index contributed by atoms with van der Waals surface area (Å²) >= 11 is 0. The molecule has 1 saturated heterocycles. The van der Waals surface area contributed by atoms with Crippen molar-refractivity contribution in [2.75, 3.05) is 11.4 Å². The first-order chi connectivity index (χ1) is 11.6. The fourth-order valence-corrected chi connectivity index (χ4v) is 3.43. The standard InChI is InChI=1S/C20H21N3O/c1-20(2)17(24)12-13-23(20)19-21-16-11-7-6-10-15(16)18(22-19)14-8-4-3-5-9-14/h3-11,17,24H,12-13H2,1-2H3. The van der Waals surface area contributed by atoms with E-state index in [0.717, 1.165) is 35.1 Å². The summed E-state index contributed by atoms with van der Waals surface area (Å²) in [5.41, 5.74) is 2.58. The molecule has 1 fully saturated rings. The predicted molar refractivity (Wildman–Crippen MR) is 97.0 cm³/mol. The van der Waals surface area contributed by atoms with Gasteiger partial charge in [0.05, 0.1) is 22.9 Å². The molecule has 0 radical (unpaired) electrons. The molecule has 3 aromatic rings. The minimum absolute atomic E-state index is 0.365. The zero-order chi connectivity index (χ0) is 16.7. The first-order valence-corrected chi connectivity index (χ1v) is 8.35. The SMILES string of the molecule is CC1(C)C(O)CCN1c1nc(-c2ccccc2)c2ccccc2n1. The Hall–Kier alpha value is -2.46. The fraction of sp³-hybridized carbons (Fsp3) is 0.300. The summed E-state index contributed by atoms with van der Waals surface area (Å²) in [6, 6.07) is 18.3. The molecule has 4 rings (SSSR count). The number of aliphatic hydroxyl groups is 1. The van der Waals surface area contributed by atoms with Crippen molar-refractivity contribution in [2.45, 2.75) is 31.9 Å². The molecule has 4 nitrogen and oxygen atoms in total. The minimum atomic E-state index is -0.368. The van der Waals surface area contributed by atoms with Gasteiger partial charge in [0, 0.05) is 17.5 Å². The average molecular weight is 319 g/mol. The van der Waals surface area contributed by atoms with Gasteiger partial charge in [0.1, 0.15) is 0 Å². The summed E-state index contributed by atoms with van der Waals surface area (Å²) in [6.45, 7) is 4.86. The van der Waals surface area contributed by atoms with Crippen LogP contribution in [0.2, 0.25) is 0 Å². The third kappa shape index (κ3) is 2.34. The number of fused-ring (bicyclic) bond motifs is 1. The highest BCUT2D eigenvalue weighted by Crippen LogP contribution is 2.35. The summed E-state index contributed by atoms with van der Waals surface area (Å²) in [7, 11) is 0. The molecule has 0 spiro atoms. The van der Waals surface area contributed by atoms with Crippen LogP contribution in [-0.2, 0) is 0 Å². The molecule has 1 atom stereocenters. The van der Waals surface area contributed by atoms with E-state index in [0.29, 0.717) is 5.95 Å². The number of rotatable bonds is 2. The third-order valence-electron chi connectivity index (χ3n) is 5.02. The van der Waals surface area contributed by atoms with Gasteiger partial charge in [-0.25, -0.2) is 9.97 Å². The van der Waals surface area contributed by atoms with Gasteiger partial charge < -0.3 is 10.0 Å². The first kappa shape index (κ1) is 15.1. The number of hydrogen-bond donors (Lipinski definition) is 1. The molecule has 1 aromatic heterocycles. The van der Waals surface area contributed by atoms with Crippen molar-refractivity contribution in [1.82, 2.24) is 9.97 Å². The van der Waals surface area contributed by atoms with Gasteiger partial charge >= 0.3 is 0 Å². The van der Waals surface area contributed by atoms with Crippen LogP contribution in [0.1, 0.15) is 20.3 Å². The molecular weight excluding hydrogens is 298 g/mol. The Bertz CT molecular complexity index is 876. The van der Waals surface area contributed by atoms with Crippen LogP contribution in [0.4, 0.5) is 5.95 Å². The zero-order valence-electron chi connectivity index (χ0n) is 14.0. The Morgan fingerprint density at radius 3 is 2.42 bits per heavy atom. The molecule has 0 aliphatic carbocycles. The van der Waals surface area contributed by atoms with E-state index in [-0.39, 0.29) is 11.6 Å². The van der Waals surface area contributed by atoms with E-state index in [9.17, 15) is 5.11 Å². The molecule has 1 N–H and O–H groups in total. The maximum Gasteiger partial charge on any atom is 0.227 e. The van der Waals surface area contributed by atoms with E-state index in [2.05, 4.69) is 23.1 Å². The van der Waals surface area contributed by atoms with Gasteiger partial charge in [0.25, 0.3) is 0 Å². The maximum absolute atomic E-state index is 10.3. The maximum atomic E-state index is 10.3. The van der Waals surface area contributed by atoms with Crippen molar-refractivity contribution >= 4 is 16.9 Å². The van der Waals surface area contributed by atoms with Gasteiger partial charge in [0.15, 0.2) is 0 Å². The Morgan fingerprint density at radius 1 is 1.00 bits per heavy atom. The number of para-hydroxylation sites is 1. The number of aromatic nitrogens is 2. The van der Waals surface area contributed by atoms with Crippen LogP contribution in [0.3, 0.4) is 0 Å². The molecule has 0 bridgehead atoms. The Labute approximate surface area is 141 Å². The molecule has 2 aromatic carbocycles. The summed E-state index contributed by atoms with van der Waals surface area (Å²) < 4.78 is 0. The second-order valence-corrected chi connectivity index (χ2v) is 6.87. The van der Waals surface area contributed by atoms with Crippen molar-refractivity contribution < 1.29 is 5.11 Å². The summed E-state index contributed by atoms with van der Waals surface area (Å²) in [5, 5.41) is 11.3. The highest BCUT2D eigenvalue weighted by molar-refractivity contribution is 5.93. The van der Waals surface area contributed by atoms with Gasteiger partial charge in [0.2, 0.25) is 5.95 Å². The summed E-state index contributed by atoms with van der Waals surface area (Å²) in [4.78, 5) is 11.8. The van der Waals surface area contributed by atoms with Crippen LogP contribution in [-0.4, -0.2) is 33.3 Å². The quantitative estimate of drug-likeness (QED) is 0.783. The highest BCUT2D eigenvalue weighted by Gasteiger charge is 2.41. The topological polar surface area (TPSA) is 49.2 Å². The molecule has 0 saturated carbocycles. The van der Waals surface area contributed by atoms with Crippen molar-refractivity contribution in [2.24, 2.45) is 0 Å². The lowest BCUT2D eigenvalue weighted by Gasteiger charge is -2.34. The summed E-state index contributed by atoms with van der Waals surface area (Å²) in [5.74, 6) is 0.689. The molecule has 24 heavy (non-hydrogen) atoms. The Kier molecular flexibility index (Phi) is 3.50. The first-order valence-electron chi connectivity index (χ1n) is 8.35. The fourth-order valence-electron chi connectivity index (χ4n) is 3.43. The number of aliphatic hydroxyl groups excluding tert-OH is 1. The Balaban J connectivity index is 1.93. The van der Waals surface area contributed by atoms with Crippen LogP contribution in [0, 0.1) is 0 Å². The van der Waals surface area contributed by atoms with E-state index >= 15 is 0 Å². The largest absolute Gasteiger partial charge is 0.391 e. The molecule has 2 heterocycles. The lowest BCUT2D eigenvalue weighted by Crippen LogP contribution is -2.45. The second-order valence-electron chi connectivity index (χ2n) is 6.87. The monoisotopic (exact) mass is 319 g/mol. The van der Waals surface area contributed by atoms with Crippen LogP contribution in [0.5, 0.6) is 0 Å². The average Bonchev–Trinajstić information content (AvgIpc) is 2.88. The molecule has 0 amide bonds. The number of benzene rings is 2. The van der Waals surface area contributed by atoms with E-state index in [1.807, 2.05) is 50.2 Å². The van der Waals surface area contributed by atoms with Gasteiger partial charge in [-0.05, 0) is 26.3 Å². The van der Waals surface area contributed by atoms with Crippen molar-refractivity contribution in [3.63, 3.8) is 0 Å². The molecular formula is C20H21N3O. The van der Waals surface area contributed by atoms with Crippen LogP contribution < -0.4 is 4.90 Å². The highest BCUT2D eigenvalue weighted by atomic mass is 16.3. The van der Waals surface area contributed by atoms with Crippen molar-refractivity contribution in [3.05, 3.63) is 54.6 Å². The van der Waals surface area contributed by atoms with E-state index in [1.165, 1.54) is 0 Å². The lowest BCUT2D eigenvalue weighted by molar-refractivity contribution is 0.127. The van der Waals surface area contributed by atoms with Gasteiger partial charge in [-0.2, -0.15) is 0 Å². The van der Waals surface area contributed by atoms with Crippen LogP contribution >= 0.6 is 0 Å². The normalized spacial score (nSPS) is 19.8. The van der Waals surface area contributed by atoms with Crippen LogP contribution in [0.15, 0.2) is 54.6 Å².